The van der Waals surface area contributed by atoms with Crippen LogP contribution in [0.3, 0.4) is 0 Å². The van der Waals surface area contributed by atoms with Gasteiger partial charge in [0.15, 0.2) is 0 Å². The normalized spacial score (nSPS) is 17.0. The van der Waals surface area contributed by atoms with Crippen molar-refractivity contribution >= 4 is 5.91 Å². The van der Waals surface area contributed by atoms with E-state index in [-0.39, 0.29) is 5.91 Å². The van der Waals surface area contributed by atoms with Crippen molar-refractivity contribution in [3.8, 4) is 5.69 Å². The Balaban J connectivity index is 1.78. The lowest BCUT2D eigenvalue weighted by molar-refractivity contribution is 0.00525. The van der Waals surface area contributed by atoms with Gasteiger partial charge in [0.05, 0.1) is 23.2 Å². The fraction of sp³-hybridized carbons (Fsp3) is 0.444. The summed E-state index contributed by atoms with van der Waals surface area (Å²) in [5.41, 5.74) is 1.66. The van der Waals surface area contributed by atoms with Crippen molar-refractivity contribution < 1.29 is 9.90 Å². The molecule has 1 saturated carbocycles. The Morgan fingerprint density at radius 1 is 1.35 bits per heavy atom. The summed E-state index contributed by atoms with van der Waals surface area (Å²) in [4.78, 5) is 16.7. The average molecular weight is 313 g/mol. The van der Waals surface area contributed by atoms with Gasteiger partial charge in [0.2, 0.25) is 0 Å². The van der Waals surface area contributed by atoms with E-state index in [9.17, 15) is 9.90 Å². The molecule has 0 spiro atoms. The highest BCUT2D eigenvalue weighted by atomic mass is 16.3. The third-order valence-corrected chi connectivity index (χ3v) is 4.54. The number of hydrogen-bond donors (Lipinski definition) is 2. The zero-order chi connectivity index (χ0) is 16.3. The predicted molar refractivity (Wildman–Crippen MR) is 88.7 cm³/mol. The fourth-order valence-electron chi connectivity index (χ4n) is 3.19. The second kappa shape index (κ2) is 6.54. The molecule has 0 saturated heterocycles. The molecule has 0 aliphatic heterocycles. The van der Waals surface area contributed by atoms with Gasteiger partial charge in [-0.25, -0.2) is 4.98 Å². The molecule has 1 fully saturated rings. The van der Waals surface area contributed by atoms with E-state index in [4.69, 9.17) is 0 Å². The van der Waals surface area contributed by atoms with Gasteiger partial charge in [-0.2, -0.15) is 0 Å². The minimum atomic E-state index is -0.757. The largest absolute Gasteiger partial charge is 0.388 e. The summed E-state index contributed by atoms with van der Waals surface area (Å²) < 4.78 is 1.82. The molecule has 0 radical (unpaired) electrons. The van der Waals surface area contributed by atoms with Crippen LogP contribution in [0.4, 0.5) is 0 Å². The molecule has 1 aliphatic carbocycles. The summed E-state index contributed by atoms with van der Waals surface area (Å²) in [6.45, 7) is 2.27. The number of aliphatic hydroxyl groups is 1. The van der Waals surface area contributed by atoms with Crippen molar-refractivity contribution in [2.24, 2.45) is 0 Å². The van der Waals surface area contributed by atoms with Crippen molar-refractivity contribution in [3.05, 3.63) is 48.0 Å². The van der Waals surface area contributed by atoms with Crippen LogP contribution in [-0.4, -0.2) is 32.7 Å². The maximum absolute atomic E-state index is 12.6. The highest BCUT2D eigenvalue weighted by Crippen LogP contribution is 2.27. The Bertz CT molecular complexity index is 674. The molecule has 0 bridgehead atoms. The molecule has 23 heavy (non-hydrogen) atoms. The van der Waals surface area contributed by atoms with E-state index in [0.29, 0.717) is 12.1 Å². The van der Waals surface area contributed by atoms with Crippen molar-refractivity contribution in [2.75, 3.05) is 6.54 Å². The summed E-state index contributed by atoms with van der Waals surface area (Å²) in [5, 5.41) is 13.5. The Labute approximate surface area is 136 Å². The molecule has 122 valence electrons. The zero-order valence-electron chi connectivity index (χ0n) is 13.5. The first-order chi connectivity index (χ1) is 11.1. The van der Waals surface area contributed by atoms with Crippen LogP contribution in [0.15, 0.2) is 36.9 Å². The molecule has 1 aliphatic rings. The maximum atomic E-state index is 12.6. The third-order valence-electron chi connectivity index (χ3n) is 4.54. The van der Waals surface area contributed by atoms with Crippen molar-refractivity contribution in [1.29, 1.82) is 0 Å². The topological polar surface area (TPSA) is 67.2 Å². The van der Waals surface area contributed by atoms with Crippen LogP contribution < -0.4 is 5.32 Å². The monoisotopic (exact) mass is 313 g/mol. The number of imidazole rings is 1. The number of nitrogens with one attached hydrogen (secondary N) is 1. The standard InChI is InChI=1S/C18H23N3O2/c1-14-5-6-16(21-10-9-19-13-21)15(11-14)17(22)20-12-18(23)7-3-2-4-8-18/h5-6,9-11,13,23H,2-4,7-8,12H2,1H3,(H,20,22). The minimum Gasteiger partial charge on any atom is -0.388 e. The average Bonchev–Trinajstić information content (AvgIpc) is 3.07. The van der Waals surface area contributed by atoms with E-state index in [1.807, 2.05) is 35.9 Å². The second-order valence-electron chi connectivity index (χ2n) is 6.46. The quantitative estimate of drug-likeness (QED) is 0.912. The highest BCUT2D eigenvalue weighted by molar-refractivity contribution is 5.98. The summed E-state index contributed by atoms with van der Waals surface area (Å²) >= 11 is 0. The Morgan fingerprint density at radius 3 is 2.83 bits per heavy atom. The lowest BCUT2D eigenvalue weighted by Gasteiger charge is -2.32. The summed E-state index contributed by atoms with van der Waals surface area (Å²) in [7, 11) is 0. The highest BCUT2D eigenvalue weighted by Gasteiger charge is 2.29. The van der Waals surface area contributed by atoms with Crippen LogP contribution in [0.2, 0.25) is 0 Å². The molecule has 0 unspecified atom stereocenters. The lowest BCUT2D eigenvalue weighted by Crippen LogP contribution is -2.44. The van der Waals surface area contributed by atoms with Gasteiger partial charge in [0.25, 0.3) is 5.91 Å². The number of nitrogens with zero attached hydrogens (tertiary/aromatic N) is 2. The first-order valence-corrected chi connectivity index (χ1v) is 8.17. The van der Waals surface area contributed by atoms with Crippen LogP contribution in [0, 0.1) is 6.92 Å². The zero-order valence-corrected chi connectivity index (χ0v) is 13.5. The molecule has 1 heterocycles. The van der Waals surface area contributed by atoms with Crippen LogP contribution in [-0.2, 0) is 0 Å². The summed E-state index contributed by atoms with van der Waals surface area (Å²) in [6.07, 6.45) is 9.91. The number of benzene rings is 1. The number of aromatic nitrogens is 2. The van der Waals surface area contributed by atoms with Gasteiger partial charge in [0.1, 0.15) is 0 Å². The minimum absolute atomic E-state index is 0.156. The summed E-state index contributed by atoms with van der Waals surface area (Å²) in [6, 6.07) is 5.76. The van der Waals surface area contributed by atoms with Gasteiger partial charge in [-0.05, 0) is 31.9 Å². The first-order valence-electron chi connectivity index (χ1n) is 8.17. The van der Waals surface area contributed by atoms with E-state index < -0.39 is 5.60 Å². The Kier molecular flexibility index (Phi) is 4.48. The molecule has 1 amide bonds. The second-order valence-corrected chi connectivity index (χ2v) is 6.46. The van der Waals surface area contributed by atoms with Gasteiger partial charge in [-0.15, -0.1) is 0 Å². The number of carbonyl (C=O) groups is 1. The molecule has 2 N–H and O–H groups in total. The third kappa shape index (κ3) is 3.62. The van der Waals surface area contributed by atoms with Crippen molar-refractivity contribution in [3.63, 3.8) is 0 Å². The van der Waals surface area contributed by atoms with E-state index in [0.717, 1.165) is 36.9 Å². The van der Waals surface area contributed by atoms with Gasteiger partial charge < -0.3 is 15.0 Å². The van der Waals surface area contributed by atoms with Gasteiger partial charge >= 0.3 is 0 Å². The smallest absolute Gasteiger partial charge is 0.253 e. The molecular formula is C18H23N3O2. The van der Waals surface area contributed by atoms with E-state index in [1.165, 1.54) is 6.42 Å². The molecule has 3 rings (SSSR count). The number of carbonyl (C=O) groups excluding carboxylic acids is 1. The van der Waals surface area contributed by atoms with E-state index in [1.54, 1.807) is 12.5 Å². The Hall–Kier alpha value is -2.14. The van der Waals surface area contributed by atoms with Crippen LogP contribution in [0.5, 0.6) is 0 Å². The number of hydrogen-bond acceptors (Lipinski definition) is 3. The molecule has 0 atom stereocenters. The van der Waals surface area contributed by atoms with Gasteiger partial charge in [-0.1, -0.05) is 30.9 Å². The number of aryl methyl sites for hydroxylation is 1. The van der Waals surface area contributed by atoms with Crippen molar-refractivity contribution in [1.82, 2.24) is 14.9 Å². The van der Waals surface area contributed by atoms with Crippen LogP contribution in [0.1, 0.15) is 48.0 Å². The molecular weight excluding hydrogens is 290 g/mol. The lowest BCUT2D eigenvalue weighted by atomic mass is 9.85. The number of amides is 1. The molecule has 5 heteroatoms. The molecule has 1 aromatic carbocycles. The first kappa shape index (κ1) is 15.7. The molecule has 5 nitrogen and oxygen atoms in total. The van der Waals surface area contributed by atoms with Gasteiger partial charge in [-0.3, -0.25) is 4.79 Å². The van der Waals surface area contributed by atoms with E-state index in [2.05, 4.69) is 10.3 Å². The van der Waals surface area contributed by atoms with Crippen molar-refractivity contribution in [2.45, 2.75) is 44.6 Å². The van der Waals surface area contributed by atoms with Crippen LogP contribution >= 0.6 is 0 Å². The fourth-order valence-corrected chi connectivity index (χ4v) is 3.19. The van der Waals surface area contributed by atoms with Gasteiger partial charge in [0, 0.05) is 18.9 Å². The number of rotatable bonds is 4. The maximum Gasteiger partial charge on any atom is 0.253 e. The molecule has 2 aromatic rings. The SMILES string of the molecule is Cc1ccc(-n2ccnc2)c(C(=O)NCC2(O)CCCCC2)c1. The van der Waals surface area contributed by atoms with E-state index >= 15 is 0 Å². The summed E-state index contributed by atoms with van der Waals surface area (Å²) in [5.74, 6) is -0.156. The Morgan fingerprint density at radius 2 is 2.13 bits per heavy atom. The molecule has 1 aromatic heterocycles. The van der Waals surface area contributed by atoms with Crippen LogP contribution in [0.25, 0.3) is 5.69 Å². The predicted octanol–water partition coefficient (Wildman–Crippen LogP) is 2.61.